The van der Waals surface area contributed by atoms with Crippen molar-refractivity contribution in [2.24, 2.45) is 5.92 Å². The number of likely N-dealkylation sites (tertiary alicyclic amines) is 1. The molecule has 0 radical (unpaired) electrons. The molecule has 136 valence electrons. The van der Waals surface area contributed by atoms with Crippen LogP contribution in [0, 0.1) is 5.92 Å². The van der Waals surface area contributed by atoms with Gasteiger partial charge in [-0.3, -0.25) is 14.6 Å². The molecule has 26 heavy (non-hydrogen) atoms. The number of amides is 2. The largest absolute Gasteiger partial charge is 0.337 e. The van der Waals surface area contributed by atoms with Crippen LogP contribution in [0.25, 0.3) is 0 Å². The highest BCUT2D eigenvalue weighted by molar-refractivity contribution is 6.05. The minimum atomic E-state index is -0.238. The maximum atomic E-state index is 12.7. The first-order chi connectivity index (χ1) is 12.6. The maximum Gasteiger partial charge on any atom is 0.272 e. The fourth-order valence-electron chi connectivity index (χ4n) is 3.25. The van der Waals surface area contributed by atoms with Crippen LogP contribution in [-0.4, -0.2) is 34.8 Å². The molecule has 3 rings (SSSR count). The number of hydrogen-bond acceptors (Lipinski definition) is 3. The first-order valence-electron chi connectivity index (χ1n) is 9.22. The van der Waals surface area contributed by atoms with E-state index < -0.39 is 0 Å². The molecule has 1 aliphatic heterocycles. The summed E-state index contributed by atoms with van der Waals surface area (Å²) in [5.74, 6) is 0.168. The van der Waals surface area contributed by atoms with Crippen LogP contribution in [0.15, 0.2) is 42.6 Å². The Morgan fingerprint density at radius 1 is 1.23 bits per heavy atom. The molecule has 0 spiro atoms. The molecule has 1 aliphatic rings. The first kappa shape index (κ1) is 18.1. The van der Waals surface area contributed by atoms with Crippen molar-refractivity contribution < 1.29 is 9.59 Å². The average Bonchev–Trinajstić information content (AvgIpc) is 2.68. The van der Waals surface area contributed by atoms with Crippen molar-refractivity contribution >= 4 is 17.5 Å². The molecule has 0 bridgehead atoms. The fourth-order valence-corrected chi connectivity index (χ4v) is 3.25. The van der Waals surface area contributed by atoms with E-state index in [0.717, 1.165) is 38.0 Å². The van der Waals surface area contributed by atoms with Gasteiger partial charge >= 0.3 is 0 Å². The van der Waals surface area contributed by atoms with E-state index in [-0.39, 0.29) is 11.8 Å². The molecule has 2 heterocycles. The maximum absolute atomic E-state index is 12.7. The lowest BCUT2D eigenvalue weighted by atomic mass is 10.00. The summed E-state index contributed by atoms with van der Waals surface area (Å²) in [6.45, 7) is 5.75. The van der Waals surface area contributed by atoms with Crippen molar-refractivity contribution in [3.8, 4) is 0 Å². The molecule has 2 aromatic rings. The summed E-state index contributed by atoms with van der Waals surface area (Å²) in [4.78, 5) is 31.2. The molecule has 1 aromatic heterocycles. The Bertz CT molecular complexity index is 786. The smallest absolute Gasteiger partial charge is 0.272 e. The Hall–Kier alpha value is -2.69. The third-order valence-electron chi connectivity index (χ3n) is 4.81. The zero-order valence-corrected chi connectivity index (χ0v) is 15.4. The van der Waals surface area contributed by atoms with Gasteiger partial charge in [0.05, 0.1) is 0 Å². The number of hydrogen-bond donors (Lipinski definition) is 1. The minimum absolute atomic E-state index is 0.0986. The molecule has 5 nitrogen and oxygen atoms in total. The van der Waals surface area contributed by atoms with Gasteiger partial charge in [-0.1, -0.05) is 26.0 Å². The number of nitrogens with zero attached hydrogens (tertiary/aromatic N) is 2. The highest BCUT2D eigenvalue weighted by Gasteiger charge is 2.23. The Kier molecular flexibility index (Phi) is 5.66. The topological polar surface area (TPSA) is 62.3 Å². The van der Waals surface area contributed by atoms with Gasteiger partial charge in [0.25, 0.3) is 11.8 Å². The average molecular weight is 351 g/mol. The molecule has 1 unspecified atom stereocenters. The van der Waals surface area contributed by atoms with Crippen molar-refractivity contribution in [3.05, 3.63) is 59.4 Å². The minimum Gasteiger partial charge on any atom is -0.337 e. The number of aromatic nitrogens is 1. The van der Waals surface area contributed by atoms with Crippen molar-refractivity contribution in [1.29, 1.82) is 0 Å². The molecule has 1 saturated heterocycles. The second-order valence-electron chi connectivity index (χ2n) is 6.93. The number of aryl methyl sites for hydroxylation is 1. The SMILES string of the molecule is CCc1ccc(NC(=O)c2ccnc(C(=O)N3CCCC(C)C3)c2)cc1. The van der Waals surface area contributed by atoms with Crippen molar-refractivity contribution in [1.82, 2.24) is 9.88 Å². The van der Waals surface area contributed by atoms with Crippen LogP contribution in [0.5, 0.6) is 0 Å². The lowest BCUT2D eigenvalue weighted by Gasteiger charge is -2.30. The van der Waals surface area contributed by atoms with E-state index in [1.54, 1.807) is 12.1 Å². The van der Waals surface area contributed by atoms with E-state index in [1.165, 1.54) is 11.8 Å². The molecule has 1 N–H and O–H groups in total. The molecule has 0 saturated carbocycles. The summed E-state index contributed by atoms with van der Waals surface area (Å²) in [6, 6.07) is 11.0. The Morgan fingerprint density at radius 3 is 2.69 bits per heavy atom. The second kappa shape index (κ2) is 8.13. The van der Waals surface area contributed by atoms with E-state index in [0.29, 0.717) is 17.2 Å². The van der Waals surface area contributed by atoms with E-state index in [2.05, 4.69) is 24.1 Å². The van der Waals surface area contributed by atoms with E-state index in [9.17, 15) is 9.59 Å². The van der Waals surface area contributed by atoms with E-state index >= 15 is 0 Å². The summed E-state index contributed by atoms with van der Waals surface area (Å²) in [6.07, 6.45) is 4.65. The number of pyridine rings is 1. The number of carbonyl (C=O) groups excluding carboxylic acids is 2. The van der Waals surface area contributed by atoms with Gasteiger partial charge in [-0.15, -0.1) is 0 Å². The summed E-state index contributed by atoms with van der Waals surface area (Å²) in [5, 5.41) is 2.87. The van der Waals surface area contributed by atoms with Gasteiger partial charge in [-0.05, 0) is 55.0 Å². The summed E-state index contributed by atoms with van der Waals surface area (Å²) in [7, 11) is 0. The molecule has 1 atom stereocenters. The highest BCUT2D eigenvalue weighted by atomic mass is 16.2. The zero-order chi connectivity index (χ0) is 18.5. The molecule has 2 amide bonds. The molecule has 1 fully saturated rings. The second-order valence-corrected chi connectivity index (χ2v) is 6.93. The highest BCUT2D eigenvalue weighted by Crippen LogP contribution is 2.18. The standard InChI is InChI=1S/C21H25N3O2/c1-3-16-6-8-18(9-7-16)23-20(25)17-10-11-22-19(13-17)21(26)24-12-4-5-15(2)14-24/h6-11,13,15H,3-5,12,14H2,1-2H3,(H,23,25). The summed E-state index contributed by atoms with van der Waals surface area (Å²) >= 11 is 0. The van der Waals surface area contributed by atoms with Crippen LogP contribution in [0.1, 0.15) is 53.1 Å². The molecule has 0 aliphatic carbocycles. The van der Waals surface area contributed by atoms with Crippen molar-refractivity contribution in [2.75, 3.05) is 18.4 Å². The Balaban J connectivity index is 1.71. The van der Waals surface area contributed by atoms with Gasteiger partial charge in [-0.2, -0.15) is 0 Å². The monoisotopic (exact) mass is 351 g/mol. The predicted molar refractivity (Wildman–Crippen MR) is 102 cm³/mol. The van der Waals surface area contributed by atoms with Gasteiger partial charge in [0.1, 0.15) is 5.69 Å². The Labute approximate surface area is 154 Å². The third kappa shape index (κ3) is 4.28. The number of rotatable bonds is 4. The third-order valence-corrected chi connectivity index (χ3v) is 4.81. The molecular weight excluding hydrogens is 326 g/mol. The fraction of sp³-hybridized carbons (Fsp3) is 0.381. The summed E-state index contributed by atoms with van der Waals surface area (Å²) < 4.78 is 0. The number of piperidine rings is 1. The Morgan fingerprint density at radius 2 is 2.00 bits per heavy atom. The van der Waals surface area contributed by atoms with Gasteiger partial charge in [0, 0.05) is 30.5 Å². The number of carbonyl (C=O) groups is 2. The van der Waals surface area contributed by atoms with Crippen LogP contribution >= 0.6 is 0 Å². The quantitative estimate of drug-likeness (QED) is 0.912. The van der Waals surface area contributed by atoms with Gasteiger partial charge in [0.15, 0.2) is 0 Å². The predicted octanol–water partition coefficient (Wildman–Crippen LogP) is 3.77. The number of nitrogens with one attached hydrogen (secondary N) is 1. The van der Waals surface area contributed by atoms with Crippen LogP contribution in [0.4, 0.5) is 5.69 Å². The van der Waals surface area contributed by atoms with E-state index in [4.69, 9.17) is 0 Å². The normalized spacial score (nSPS) is 17.0. The van der Waals surface area contributed by atoms with Crippen LogP contribution in [-0.2, 0) is 6.42 Å². The van der Waals surface area contributed by atoms with Crippen LogP contribution in [0.3, 0.4) is 0 Å². The lowest BCUT2D eigenvalue weighted by Crippen LogP contribution is -2.39. The van der Waals surface area contributed by atoms with Crippen LogP contribution in [0.2, 0.25) is 0 Å². The van der Waals surface area contributed by atoms with Crippen molar-refractivity contribution in [3.63, 3.8) is 0 Å². The number of benzene rings is 1. The van der Waals surface area contributed by atoms with Gasteiger partial charge in [-0.25, -0.2) is 0 Å². The van der Waals surface area contributed by atoms with Crippen LogP contribution < -0.4 is 5.32 Å². The molecule has 5 heteroatoms. The van der Waals surface area contributed by atoms with Crippen molar-refractivity contribution in [2.45, 2.75) is 33.1 Å². The van der Waals surface area contributed by atoms with Gasteiger partial charge in [0.2, 0.25) is 0 Å². The first-order valence-corrected chi connectivity index (χ1v) is 9.22. The van der Waals surface area contributed by atoms with E-state index in [1.807, 2.05) is 29.2 Å². The zero-order valence-electron chi connectivity index (χ0n) is 15.4. The summed E-state index contributed by atoms with van der Waals surface area (Å²) in [5.41, 5.74) is 2.72. The number of anilines is 1. The van der Waals surface area contributed by atoms with Gasteiger partial charge < -0.3 is 10.2 Å². The molecular formula is C21H25N3O2. The molecule has 1 aromatic carbocycles. The lowest BCUT2D eigenvalue weighted by molar-refractivity contribution is 0.0677.